The van der Waals surface area contributed by atoms with Crippen molar-refractivity contribution < 1.29 is 0 Å². The molecule has 0 aromatic heterocycles. The van der Waals surface area contributed by atoms with Gasteiger partial charge in [-0.05, 0) is 46.9 Å². The normalized spacial score (nSPS) is 14.2. The molecule has 18 heavy (non-hydrogen) atoms. The van der Waals surface area contributed by atoms with Gasteiger partial charge in [-0.1, -0.05) is 55.8 Å². The van der Waals surface area contributed by atoms with Gasteiger partial charge >= 0.3 is 0 Å². The average molecular weight is 257 g/mol. The molecule has 1 aliphatic carbocycles. The molecular formula is C17H17Cl. The number of benzene rings is 2. The second-order valence-electron chi connectivity index (χ2n) is 5.30. The maximum Gasteiger partial charge on any atom is 0.0487 e. The Hall–Kier alpha value is -1.27. The van der Waals surface area contributed by atoms with Crippen molar-refractivity contribution in [2.24, 2.45) is 0 Å². The van der Waals surface area contributed by atoms with Crippen LogP contribution in [-0.4, -0.2) is 0 Å². The van der Waals surface area contributed by atoms with Gasteiger partial charge in [0.1, 0.15) is 0 Å². The summed E-state index contributed by atoms with van der Waals surface area (Å²) in [6.07, 6.45) is 6.85. The monoisotopic (exact) mass is 256 g/mol. The minimum atomic E-state index is 0.491. The van der Waals surface area contributed by atoms with E-state index >= 15 is 0 Å². The summed E-state index contributed by atoms with van der Waals surface area (Å²) in [5, 5.41) is 3.39. The summed E-state index contributed by atoms with van der Waals surface area (Å²) in [4.78, 5) is 0. The summed E-state index contributed by atoms with van der Waals surface area (Å²) in [5.74, 6) is 0.491. The van der Waals surface area contributed by atoms with E-state index in [0.29, 0.717) is 5.92 Å². The summed E-state index contributed by atoms with van der Waals surface area (Å²) in [6, 6.07) is 8.52. The highest BCUT2D eigenvalue weighted by molar-refractivity contribution is 6.36. The zero-order valence-corrected chi connectivity index (χ0v) is 11.6. The van der Waals surface area contributed by atoms with Crippen LogP contribution in [0.5, 0.6) is 0 Å². The lowest BCUT2D eigenvalue weighted by Crippen LogP contribution is -2.02. The zero-order valence-electron chi connectivity index (χ0n) is 10.8. The van der Waals surface area contributed by atoms with Crippen LogP contribution >= 0.6 is 11.6 Å². The van der Waals surface area contributed by atoms with Crippen LogP contribution in [0.25, 0.3) is 16.8 Å². The Morgan fingerprint density at radius 2 is 2.06 bits per heavy atom. The van der Waals surface area contributed by atoms with E-state index in [4.69, 9.17) is 11.6 Å². The summed E-state index contributed by atoms with van der Waals surface area (Å²) in [7, 11) is 0. The number of halogens is 1. The first-order valence-corrected chi connectivity index (χ1v) is 6.97. The van der Waals surface area contributed by atoms with Gasteiger partial charge in [0, 0.05) is 10.4 Å². The first kappa shape index (κ1) is 11.8. The Morgan fingerprint density at radius 3 is 2.83 bits per heavy atom. The Labute approximate surface area is 113 Å². The lowest BCUT2D eigenvalue weighted by atomic mass is 9.84. The molecule has 2 aromatic rings. The third kappa shape index (κ3) is 1.76. The molecule has 0 heterocycles. The van der Waals surface area contributed by atoms with Crippen molar-refractivity contribution in [1.82, 2.24) is 0 Å². The van der Waals surface area contributed by atoms with E-state index in [-0.39, 0.29) is 0 Å². The fourth-order valence-corrected chi connectivity index (χ4v) is 3.25. The highest BCUT2D eigenvalue weighted by Crippen LogP contribution is 2.38. The summed E-state index contributed by atoms with van der Waals surface area (Å²) < 4.78 is 0. The van der Waals surface area contributed by atoms with Crippen LogP contribution in [0.2, 0.25) is 5.02 Å². The van der Waals surface area contributed by atoms with Gasteiger partial charge in [0.05, 0.1) is 0 Å². The number of rotatable bonds is 1. The number of hydrogen-bond acceptors (Lipinski definition) is 0. The van der Waals surface area contributed by atoms with Crippen LogP contribution in [-0.2, 0) is 6.42 Å². The van der Waals surface area contributed by atoms with Crippen molar-refractivity contribution in [2.45, 2.75) is 32.6 Å². The maximum atomic E-state index is 6.42. The molecule has 1 heteroatoms. The largest absolute Gasteiger partial charge is 0.0837 e. The summed E-state index contributed by atoms with van der Waals surface area (Å²) >= 11 is 6.42. The fraction of sp³-hybridized carbons (Fsp3) is 0.294. The molecule has 0 spiro atoms. The minimum Gasteiger partial charge on any atom is -0.0837 e. The van der Waals surface area contributed by atoms with Crippen molar-refractivity contribution in [3.05, 3.63) is 52.1 Å². The Kier molecular flexibility index (Phi) is 2.91. The predicted molar refractivity (Wildman–Crippen MR) is 80.4 cm³/mol. The second-order valence-corrected chi connectivity index (χ2v) is 5.70. The van der Waals surface area contributed by atoms with Crippen LogP contribution in [0.3, 0.4) is 0 Å². The molecule has 0 unspecified atom stereocenters. The number of allylic oxidation sites excluding steroid dienone is 1. The van der Waals surface area contributed by atoms with Gasteiger partial charge < -0.3 is 0 Å². The van der Waals surface area contributed by atoms with Crippen molar-refractivity contribution in [2.75, 3.05) is 0 Å². The van der Waals surface area contributed by atoms with E-state index in [1.54, 1.807) is 0 Å². The van der Waals surface area contributed by atoms with Gasteiger partial charge in [-0.15, -0.1) is 0 Å². The van der Waals surface area contributed by atoms with Gasteiger partial charge in [0.15, 0.2) is 0 Å². The van der Waals surface area contributed by atoms with E-state index in [9.17, 15) is 0 Å². The SMILES string of the molecule is CC(C)c1c2c(cc3cccc(Cl)c13)CCC=C2. The van der Waals surface area contributed by atoms with E-state index in [2.05, 4.69) is 38.1 Å². The standard InChI is InChI=1S/C17H17Cl/c1-11(2)16-14-8-4-3-6-12(14)10-13-7-5-9-15(18)17(13)16/h4-5,7-11H,3,6H2,1-2H3. The van der Waals surface area contributed by atoms with E-state index < -0.39 is 0 Å². The first-order valence-electron chi connectivity index (χ1n) is 6.59. The Bertz CT molecular complexity index is 636. The molecule has 0 fully saturated rings. The molecule has 0 bridgehead atoms. The number of fused-ring (bicyclic) bond motifs is 2. The molecule has 0 aliphatic heterocycles. The molecule has 92 valence electrons. The maximum absolute atomic E-state index is 6.42. The molecule has 0 saturated carbocycles. The topological polar surface area (TPSA) is 0 Å². The molecular weight excluding hydrogens is 240 g/mol. The number of aryl methyl sites for hydroxylation is 1. The van der Waals surface area contributed by atoms with Crippen LogP contribution in [0.1, 0.15) is 42.9 Å². The second kappa shape index (κ2) is 4.44. The third-order valence-electron chi connectivity index (χ3n) is 3.72. The van der Waals surface area contributed by atoms with Crippen LogP contribution < -0.4 is 0 Å². The molecule has 0 saturated heterocycles. The number of hydrogen-bond donors (Lipinski definition) is 0. The third-order valence-corrected chi connectivity index (χ3v) is 4.04. The molecule has 0 atom stereocenters. The molecule has 2 aromatic carbocycles. The van der Waals surface area contributed by atoms with Gasteiger partial charge in [-0.2, -0.15) is 0 Å². The van der Waals surface area contributed by atoms with Gasteiger partial charge in [-0.25, -0.2) is 0 Å². The molecule has 0 N–H and O–H groups in total. The average Bonchev–Trinajstić information content (AvgIpc) is 2.36. The lowest BCUT2D eigenvalue weighted by Gasteiger charge is -2.21. The predicted octanol–water partition coefficient (Wildman–Crippen LogP) is 5.58. The highest BCUT2D eigenvalue weighted by atomic mass is 35.5. The van der Waals surface area contributed by atoms with Gasteiger partial charge in [-0.3, -0.25) is 0 Å². The molecule has 0 amide bonds. The van der Waals surface area contributed by atoms with E-state index in [1.165, 1.54) is 27.5 Å². The fourth-order valence-electron chi connectivity index (χ4n) is 2.96. The van der Waals surface area contributed by atoms with E-state index in [1.807, 2.05) is 12.1 Å². The van der Waals surface area contributed by atoms with Crippen LogP contribution in [0.4, 0.5) is 0 Å². The molecule has 0 nitrogen and oxygen atoms in total. The molecule has 3 rings (SSSR count). The zero-order chi connectivity index (χ0) is 12.7. The van der Waals surface area contributed by atoms with Crippen molar-refractivity contribution in [3.63, 3.8) is 0 Å². The highest BCUT2D eigenvalue weighted by Gasteiger charge is 2.17. The van der Waals surface area contributed by atoms with Gasteiger partial charge in [0.2, 0.25) is 0 Å². The van der Waals surface area contributed by atoms with Crippen molar-refractivity contribution in [1.29, 1.82) is 0 Å². The Morgan fingerprint density at radius 1 is 1.22 bits per heavy atom. The summed E-state index contributed by atoms with van der Waals surface area (Å²) in [5.41, 5.74) is 4.27. The van der Waals surface area contributed by atoms with Crippen LogP contribution in [0.15, 0.2) is 30.3 Å². The van der Waals surface area contributed by atoms with E-state index in [0.717, 1.165) is 17.9 Å². The smallest absolute Gasteiger partial charge is 0.0487 e. The minimum absolute atomic E-state index is 0.491. The molecule has 1 aliphatic rings. The Balaban J connectivity index is 2.47. The van der Waals surface area contributed by atoms with Gasteiger partial charge in [0.25, 0.3) is 0 Å². The summed E-state index contributed by atoms with van der Waals surface area (Å²) in [6.45, 7) is 4.50. The van der Waals surface area contributed by atoms with Crippen molar-refractivity contribution in [3.8, 4) is 0 Å². The van der Waals surface area contributed by atoms with Crippen molar-refractivity contribution >= 4 is 28.4 Å². The lowest BCUT2D eigenvalue weighted by molar-refractivity contribution is 0.863. The quantitative estimate of drug-likeness (QED) is 0.625. The van der Waals surface area contributed by atoms with Crippen LogP contribution in [0, 0.1) is 0 Å². The molecule has 0 radical (unpaired) electrons. The first-order chi connectivity index (χ1) is 8.68.